The molecule has 1 aliphatic rings. The molecule has 0 radical (unpaired) electrons. The number of amides is 1. The zero-order chi connectivity index (χ0) is 12.3. The van der Waals surface area contributed by atoms with Gasteiger partial charge in [-0.3, -0.25) is 4.79 Å². The van der Waals surface area contributed by atoms with Gasteiger partial charge in [0.1, 0.15) is 4.88 Å². The Bertz CT molecular complexity index is 386. The highest BCUT2D eigenvalue weighted by atomic mass is 32.1. The van der Waals surface area contributed by atoms with Crippen molar-refractivity contribution in [1.29, 1.82) is 0 Å². The van der Waals surface area contributed by atoms with Crippen LogP contribution < -0.4 is 5.73 Å². The molecule has 0 spiro atoms. The highest BCUT2D eigenvalue weighted by Gasteiger charge is 2.21. The molecule has 0 aromatic carbocycles. The number of carbonyl (C=O) groups excluding carboxylic acids is 1. The number of carbonyl (C=O) groups is 1. The summed E-state index contributed by atoms with van der Waals surface area (Å²) < 4.78 is 5.31. The van der Waals surface area contributed by atoms with Crippen LogP contribution in [0.4, 0.5) is 5.69 Å². The molecule has 2 rings (SSSR count). The lowest BCUT2D eigenvalue weighted by molar-refractivity contribution is 0.0499. The van der Waals surface area contributed by atoms with E-state index >= 15 is 0 Å². The maximum absolute atomic E-state index is 12.1. The van der Waals surface area contributed by atoms with Crippen LogP contribution in [0.3, 0.4) is 0 Å². The first kappa shape index (κ1) is 12.4. The van der Waals surface area contributed by atoms with Crippen molar-refractivity contribution in [2.75, 3.05) is 32.5 Å². The van der Waals surface area contributed by atoms with Gasteiger partial charge in [-0.05, 0) is 30.2 Å². The van der Waals surface area contributed by atoms with Crippen molar-refractivity contribution < 1.29 is 9.53 Å². The molecule has 1 aliphatic heterocycles. The SMILES string of the molecule is CN(CC1CCOCC1)C(=O)c1sccc1N. The van der Waals surface area contributed by atoms with Crippen molar-refractivity contribution in [3.05, 3.63) is 16.3 Å². The first-order valence-electron chi connectivity index (χ1n) is 5.84. The van der Waals surface area contributed by atoms with E-state index in [1.165, 1.54) is 11.3 Å². The van der Waals surface area contributed by atoms with E-state index in [1.807, 2.05) is 12.4 Å². The highest BCUT2D eigenvalue weighted by molar-refractivity contribution is 7.12. The lowest BCUT2D eigenvalue weighted by Crippen LogP contribution is -2.34. The molecular formula is C12H18N2O2S. The molecule has 2 N–H and O–H groups in total. The van der Waals surface area contributed by atoms with Crippen LogP contribution in [-0.2, 0) is 4.74 Å². The van der Waals surface area contributed by atoms with Gasteiger partial charge in [0.05, 0.1) is 5.69 Å². The van der Waals surface area contributed by atoms with E-state index in [2.05, 4.69) is 0 Å². The van der Waals surface area contributed by atoms with Crippen molar-refractivity contribution in [2.24, 2.45) is 5.92 Å². The molecule has 1 aromatic rings. The second-order valence-corrected chi connectivity index (χ2v) is 5.36. The topological polar surface area (TPSA) is 55.6 Å². The van der Waals surface area contributed by atoms with Gasteiger partial charge in [-0.15, -0.1) is 11.3 Å². The monoisotopic (exact) mass is 254 g/mol. The minimum Gasteiger partial charge on any atom is -0.397 e. The summed E-state index contributed by atoms with van der Waals surface area (Å²) >= 11 is 1.41. The Labute approximate surface area is 105 Å². The number of nitrogens with zero attached hydrogens (tertiary/aromatic N) is 1. The normalized spacial score (nSPS) is 17.0. The molecule has 0 aliphatic carbocycles. The maximum Gasteiger partial charge on any atom is 0.265 e. The van der Waals surface area contributed by atoms with Crippen LogP contribution in [0.1, 0.15) is 22.5 Å². The van der Waals surface area contributed by atoms with E-state index in [-0.39, 0.29) is 5.91 Å². The summed E-state index contributed by atoms with van der Waals surface area (Å²) in [4.78, 5) is 14.6. The predicted octanol–water partition coefficient (Wildman–Crippen LogP) is 1.83. The average molecular weight is 254 g/mol. The third-order valence-electron chi connectivity index (χ3n) is 3.11. The second-order valence-electron chi connectivity index (χ2n) is 4.45. The number of rotatable bonds is 3. The molecule has 1 fully saturated rings. The minimum absolute atomic E-state index is 0.0315. The van der Waals surface area contributed by atoms with E-state index in [4.69, 9.17) is 10.5 Å². The number of ether oxygens (including phenoxy) is 1. The first-order valence-corrected chi connectivity index (χ1v) is 6.72. The molecular weight excluding hydrogens is 236 g/mol. The Hall–Kier alpha value is -1.07. The largest absolute Gasteiger partial charge is 0.397 e. The van der Waals surface area contributed by atoms with Crippen LogP contribution in [0.2, 0.25) is 0 Å². The third kappa shape index (κ3) is 2.98. The van der Waals surface area contributed by atoms with Gasteiger partial charge in [-0.2, -0.15) is 0 Å². The van der Waals surface area contributed by atoms with Gasteiger partial charge in [-0.25, -0.2) is 0 Å². The molecule has 0 bridgehead atoms. The average Bonchev–Trinajstić information content (AvgIpc) is 2.76. The zero-order valence-electron chi connectivity index (χ0n) is 10.0. The second kappa shape index (κ2) is 5.51. The lowest BCUT2D eigenvalue weighted by Gasteiger charge is -2.27. The molecule has 1 amide bonds. The number of anilines is 1. The Morgan fingerprint density at radius 3 is 2.88 bits per heavy atom. The molecule has 2 heterocycles. The van der Waals surface area contributed by atoms with Crippen molar-refractivity contribution in [2.45, 2.75) is 12.8 Å². The van der Waals surface area contributed by atoms with Crippen LogP contribution in [0.5, 0.6) is 0 Å². The van der Waals surface area contributed by atoms with Gasteiger partial charge in [0, 0.05) is 26.8 Å². The lowest BCUT2D eigenvalue weighted by atomic mass is 10.00. The zero-order valence-corrected chi connectivity index (χ0v) is 10.8. The number of thiophene rings is 1. The van der Waals surface area contributed by atoms with Gasteiger partial charge in [0.2, 0.25) is 0 Å². The Morgan fingerprint density at radius 1 is 1.59 bits per heavy atom. The van der Waals surface area contributed by atoms with E-state index in [0.29, 0.717) is 16.5 Å². The Balaban J connectivity index is 1.93. The molecule has 0 atom stereocenters. The summed E-state index contributed by atoms with van der Waals surface area (Å²) in [7, 11) is 1.84. The molecule has 0 unspecified atom stereocenters. The molecule has 5 heteroatoms. The van der Waals surface area contributed by atoms with E-state index in [0.717, 1.165) is 32.6 Å². The van der Waals surface area contributed by atoms with Gasteiger partial charge in [-0.1, -0.05) is 0 Å². The van der Waals surface area contributed by atoms with Gasteiger partial charge in [0.15, 0.2) is 0 Å². The fourth-order valence-electron chi connectivity index (χ4n) is 2.07. The third-order valence-corrected chi connectivity index (χ3v) is 4.03. The van der Waals surface area contributed by atoms with Crippen molar-refractivity contribution in [3.63, 3.8) is 0 Å². The maximum atomic E-state index is 12.1. The quantitative estimate of drug-likeness (QED) is 0.895. The molecule has 1 aromatic heterocycles. The Morgan fingerprint density at radius 2 is 2.29 bits per heavy atom. The number of nitrogens with two attached hydrogens (primary N) is 1. The molecule has 4 nitrogen and oxygen atoms in total. The number of nitrogen functional groups attached to an aromatic ring is 1. The van der Waals surface area contributed by atoms with Crippen LogP contribution >= 0.6 is 11.3 Å². The van der Waals surface area contributed by atoms with Crippen LogP contribution in [0.15, 0.2) is 11.4 Å². The molecule has 17 heavy (non-hydrogen) atoms. The molecule has 94 valence electrons. The van der Waals surface area contributed by atoms with E-state index in [1.54, 1.807) is 11.0 Å². The van der Waals surface area contributed by atoms with Crippen molar-refractivity contribution in [3.8, 4) is 0 Å². The summed E-state index contributed by atoms with van der Waals surface area (Å²) in [6.45, 7) is 2.42. The van der Waals surface area contributed by atoms with Crippen LogP contribution in [-0.4, -0.2) is 37.6 Å². The number of hydrogen-bond donors (Lipinski definition) is 1. The van der Waals surface area contributed by atoms with Crippen molar-refractivity contribution >= 4 is 22.9 Å². The fourth-order valence-corrected chi connectivity index (χ4v) is 2.88. The summed E-state index contributed by atoms with van der Waals surface area (Å²) in [5, 5.41) is 1.85. The van der Waals surface area contributed by atoms with Crippen LogP contribution in [0, 0.1) is 5.92 Å². The molecule has 1 saturated heterocycles. The highest BCUT2D eigenvalue weighted by Crippen LogP contribution is 2.22. The van der Waals surface area contributed by atoms with Gasteiger partial charge in [0.25, 0.3) is 5.91 Å². The van der Waals surface area contributed by atoms with Crippen LogP contribution in [0.25, 0.3) is 0 Å². The Kier molecular flexibility index (Phi) is 4.02. The van der Waals surface area contributed by atoms with Gasteiger partial charge >= 0.3 is 0 Å². The smallest absolute Gasteiger partial charge is 0.265 e. The summed E-state index contributed by atoms with van der Waals surface area (Å²) in [5.41, 5.74) is 6.34. The molecule has 0 saturated carbocycles. The first-order chi connectivity index (χ1) is 8.18. The predicted molar refractivity (Wildman–Crippen MR) is 69.2 cm³/mol. The van der Waals surface area contributed by atoms with Gasteiger partial charge < -0.3 is 15.4 Å². The fraction of sp³-hybridized carbons (Fsp3) is 0.583. The standard InChI is InChI=1S/C12H18N2O2S/c1-14(8-9-2-5-16-6-3-9)12(15)11-10(13)4-7-17-11/h4,7,9H,2-3,5-6,8,13H2,1H3. The summed E-state index contributed by atoms with van der Waals surface area (Å²) in [6.07, 6.45) is 2.08. The summed E-state index contributed by atoms with van der Waals surface area (Å²) in [6, 6.07) is 1.78. The van der Waals surface area contributed by atoms with Crippen molar-refractivity contribution in [1.82, 2.24) is 4.90 Å². The van der Waals surface area contributed by atoms with E-state index < -0.39 is 0 Å². The minimum atomic E-state index is 0.0315. The van der Waals surface area contributed by atoms with E-state index in [9.17, 15) is 4.79 Å². The number of hydrogen-bond acceptors (Lipinski definition) is 4. The summed E-state index contributed by atoms with van der Waals surface area (Å²) in [5.74, 6) is 0.586.